The highest BCUT2D eigenvalue weighted by atomic mass is 32.2. The first-order valence-electron chi connectivity index (χ1n) is 9.30. The fourth-order valence-electron chi connectivity index (χ4n) is 3.15. The summed E-state index contributed by atoms with van der Waals surface area (Å²) < 4.78 is 27.4. The van der Waals surface area contributed by atoms with Crippen LogP contribution in [0.3, 0.4) is 0 Å². The molecule has 154 valence electrons. The molecular formula is C20H24N4O4S. The third kappa shape index (κ3) is 4.99. The highest BCUT2D eigenvalue weighted by molar-refractivity contribution is 7.89. The fraction of sp³-hybridized carbons (Fsp3) is 0.350. The van der Waals surface area contributed by atoms with Crippen molar-refractivity contribution in [3.63, 3.8) is 0 Å². The van der Waals surface area contributed by atoms with Gasteiger partial charge in [-0.15, -0.1) is 0 Å². The molecule has 29 heavy (non-hydrogen) atoms. The van der Waals surface area contributed by atoms with Gasteiger partial charge in [0.05, 0.1) is 21.6 Å². The van der Waals surface area contributed by atoms with Crippen LogP contribution in [-0.2, 0) is 21.2 Å². The summed E-state index contributed by atoms with van der Waals surface area (Å²) >= 11 is 0. The van der Waals surface area contributed by atoms with Crippen molar-refractivity contribution in [2.45, 2.75) is 44.6 Å². The number of nitrogens with zero attached hydrogens (tertiary/aromatic N) is 2. The summed E-state index contributed by atoms with van der Waals surface area (Å²) in [6.45, 7) is 5.56. The van der Waals surface area contributed by atoms with Gasteiger partial charge in [0.2, 0.25) is 10.0 Å². The lowest BCUT2D eigenvalue weighted by atomic mass is 10.1. The standard InChI is InChI=1S/C20H24N4O4S/c1-12(2)10-18(20(25)26)24-29(27,28)15-6-4-14(5-7-15)11-17-19-16(8-9-21-17)22-13(3)23-19/h4-9,12,18,24H,10-11H2,1-3H3,(H,22,23)(H,25,26)/t18-/m0/s1. The Labute approximate surface area is 169 Å². The number of hydrogen-bond donors (Lipinski definition) is 3. The number of aryl methyl sites for hydroxylation is 1. The summed E-state index contributed by atoms with van der Waals surface area (Å²) in [5.74, 6) is -0.341. The average Bonchev–Trinajstić information content (AvgIpc) is 3.02. The van der Waals surface area contributed by atoms with Crippen LogP contribution in [0.5, 0.6) is 0 Å². The molecule has 0 radical (unpaired) electrons. The molecular weight excluding hydrogens is 392 g/mol. The number of fused-ring (bicyclic) bond motifs is 1. The van der Waals surface area contributed by atoms with E-state index in [2.05, 4.69) is 19.7 Å². The van der Waals surface area contributed by atoms with E-state index >= 15 is 0 Å². The highest BCUT2D eigenvalue weighted by Gasteiger charge is 2.26. The number of carbonyl (C=O) groups is 1. The molecule has 0 aliphatic heterocycles. The summed E-state index contributed by atoms with van der Waals surface area (Å²) in [5, 5.41) is 9.29. The molecule has 0 fully saturated rings. The van der Waals surface area contributed by atoms with Crippen LogP contribution in [0.25, 0.3) is 11.0 Å². The Morgan fingerprint density at radius 1 is 1.21 bits per heavy atom. The second kappa shape index (κ2) is 8.30. The predicted octanol–water partition coefficient (Wildman–Crippen LogP) is 2.63. The van der Waals surface area contributed by atoms with Crippen molar-refractivity contribution >= 4 is 27.0 Å². The van der Waals surface area contributed by atoms with E-state index in [1.807, 2.05) is 26.8 Å². The first-order chi connectivity index (χ1) is 13.7. The van der Waals surface area contributed by atoms with E-state index in [4.69, 9.17) is 0 Å². The van der Waals surface area contributed by atoms with Gasteiger partial charge < -0.3 is 10.1 Å². The van der Waals surface area contributed by atoms with Gasteiger partial charge in [-0.3, -0.25) is 9.78 Å². The Bertz CT molecular complexity index is 1120. The van der Waals surface area contributed by atoms with Crippen molar-refractivity contribution in [1.82, 2.24) is 19.7 Å². The number of aromatic amines is 1. The van der Waals surface area contributed by atoms with Crippen LogP contribution in [0.4, 0.5) is 0 Å². The van der Waals surface area contributed by atoms with Crippen molar-refractivity contribution in [3.05, 3.63) is 53.6 Å². The van der Waals surface area contributed by atoms with Crippen LogP contribution >= 0.6 is 0 Å². The largest absolute Gasteiger partial charge is 0.480 e. The van der Waals surface area contributed by atoms with E-state index in [0.29, 0.717) is 6.42 Å². The quantitative estimate of drug-likeness (QED) is 0.518. The molecule has 1 atom stereocenters. The second-order valence-corrected chi connectivity index (χ2v) is 9.15. The zero-order chi connectivity index (χ0) is 21.2. The molecule has 2 aromatic heterocycles. The van der Waals surface area contributed by atoms with Crippen LogP contribution < -0.4 is 4.72 Å². The van der Waals surface area contributed by atoms with Crippen molar-refractivity contribution < 1.29 is 18.3 Å². The molecule has 0 saturated heterocycles. The molecule has 0 unspecified atom stereocenters. The smallest absolute Gasteiger partial charge is 0.321 e. The number of pyridine rings is 1. The maximum absolute atomic E-state index is 12.6. The van der Waals surface area contributed by atoms with E-state index in [1.165, 1.54) is 12.1 Å². The van der Waals surface area contributed by atoms with Gasteiger partial charge in [-0.1, -0.05) is 26.0 Å². The van der Waals surface area contributed by atoms with Crippen LogP contribution in [0.1, 0.15) is 37.4 Å². The Morgan fingerprint density at radius 2 is 1.90 bits per heavy atom. The molecule has 0 aliphatic carbocycles. The van der Waals surface area contributed by atoms with Crippen molar-refractivity contribution in [3.8, 4) is 0 Å². The molecule has 0 spiro atoms. The topological polar surface area (TPSA) is 125 Å². The molecule has 2 heterocycles. The maximum Gasteiger partial charge on any atom is 0.321 e. The molecule has 0 saturated carbocycles. The minimum absolute atomic E-state index is 0.0276. The van der Waals surface area contributed by atoms with Gasteiger partial charge in [0.1, 0.15) is 11.9 Å². The Hall–Kier alpha value is -2.78. The second-order valence-electron chi connectivity index (χ2n) is 7.44. The van der Waals surface area contributed by atoms with E-state index < -0.39 is 22.0 Å². The third-order valence-corrected chi connectivity index (χ3v) is 6.00. The lowest BCUT2D eigenvalue weighted by Gasteiger charge is -2.16. The Kier molecular flexibility index (Phi) is 5.99. The number of aliphatic carboxylic acids is 1. The van der Waals surface area contributed by atoms with E-state index in [-0.39, 0.29) is 17.2 Å². The minimum atomic E-state index is -3.93. The number of nitrogens with one attached hydrogen (secondary N) is 2. The van der Waals surface area contributed by atoms with Gasteiger partial charge in [0, 0.05) is 12.6 Å². The molecule has 0 amide bonds. The van der Waals surface area contributed by atoms with Crippen LogP contribution in [0.15, 0.2) is 41.4 Å². The molecule has 0 bridgehead atoms. The maximum atomic E-state index is 12.6. The van der Waals surface area contributed by atoms with E-state index in [9.17, 15) is 18.3 Å². The number of aromatic nitrogens is 3. The van der Waals surface area contributed by atoms with Crippen LogP contribution in [0.2, 0.25) is 0 Å². The fourth-order valence-corrected chi connectivity index (χ4v) is 4.35. The van der Waals surface area contributed by atoms with Crippen molar-refractivity contribution in [2.24, 2.45) is 5.92 Å². The van der Waals surface area contributed by atoms with Gasteiger partial charge in [-0.25, -0.2) is 13.4 Å². The minimum Gasteiger partial charge on any atom is -0.480 e. The summed E-state index contributed by atoms with van der Waals surface area (Å²) in [7, 11) is -3.93. The van der Waals surface area contributed by atoms with Gasteiger partial charge in [-0.2, -0.15) is 4.72 Å². The zero-order valence-electron chi connectivity index (χ0n) is 16.5. The highest BCUT2D eigenvalue weighted by Crippen LogP contribution is 2.19. The van der Waals surface area contributed by atoms with E-state index in [0.717, 1.165) is 28.1 Å². The first-order valence-corrected chi connectivity index (χ1v) is 10.8. The number of benzene rings is 1. The monoisotopic (exact) mass is 416 g/mol. The molecule has 3 aromatic rings. The Balaban J connectivity index is 1.79. The molecule has 3 N–H and O–H groups in total. The lowest BCUT2D eigenvalue weighted by Crippen LogP contribution is -2.41. The number of imidazole rings is 1. The number of sulfonamides is 1. The summed E-state index contributed by atoms with van der Waals surface area (Å²) in [6, 6.07) is 7.03. The molecule has 3 rings (SSSR count). The summed E-state index contributed by atoms with van der Waals surface area (Å²) in [5.41, 5.74) is 3.40. The zero-order valence-corrected chi connectivity index (χ0v) is 17.3. The molecule has 0 aliphatic rings. The normalized spacial score (nSPS) is 13.1. The number of H-pyrrole nitrogens is 1. The van der Waals surface area contributed by atoms with Gasteiger partial charge in [0.25, 0.3) is 0 Å². The molecule has 9 heteroatoms. The van der Waals surface area contributed by atoms with Gasteiger partial charge in [0.15, 0.2) is 0 Å². The summed E-state index contributed by atoms with van der Waals surface area (Å²) in [4.78, 5) is 23.4. The molecule has 8 nitrogen and oxygen atoms in total. The van der Waals surface area contributed by atoms with E-state index in [1.54, 1.807) is 18.3 Å². The van der Waals surface area contributed by atoms with Gasteiger partial charge >= 0.3 is 5.97 Å². The van der Waals surface area contributed by atoms with Crippen molar-refractivity contribution in [1.29, 1.82) is 0 Å². The predicted molar refractivity (Wildman–Crippen MR) is 109 cm³/mol. The number of carboxylic acid groups (broad SMARTS) is 1. The average molecular weight is 417 g/mol. The number of carboxylic acids is 1. The van der Waals surface area contributed by atoms with Gasteiger partial charge in [-0.05, 0) is 43.0 Å². The number of rotatable bonds is 8. The van der Waals surface area contributed by atoms with Crippen molar-refractivity contribution in [2.75, 3.05) is 0 Å². The van der Waals surface area contributed by atoms with Crippen LogP contribution in [-0.4, -0.2) is 40.5 Å². The number of hydrogen-bond acceptors (Lipinski definition) is 5. The molecule has 1 aromatic carbocycles. The lowest BCUT2D eigenvalue weighted by molar-refractivity contribution is -0.139. The first kappa shape index (κ1) is 20.9. The summed E-state index contributed by atoms with van der Waals surface area (Å²) in [6.07, 6.45) is 2.42. The third-order valence-electron chi connectivity index (χ3n) is 4.51. The Morgan fingerprint density at radius 3 is 2.52 bits per heavy atom. The van der Waals surface area contributed by atoms with Crippen LogP contribution in [0, 0.1) is 12.8 Å². The SMILES string of the molecule is Cc1nc2ccnc(Cc3ccc(S(=O)(=O)N[C@@H](CC(C)C)C(=O)O)cc3)c2[nH]1.